The second-order valence-electron chi connectivity index (χ2n) is 8.26. The number of carbonyl (C=O) groups excluding carboxylic acids is 1. The zero-order valence-corrected chi connectivity index (χ0v) is 19.7. The number of aromatic amines is 1. The highest BCUT2D eigenvalue weighted by molar-refractivity contribution is 7.10. The molecule has 3 N–H and O–H groups in total. The molecule has 7 nitrogen and oxygen atoms in total. The molecule has 34 heavy (non-hydrogen) atoms. The summed E-state index contributed by atoms with van der Waals surface area (Å²) in [6, 6.07) is 13.2. The maximum atomic E-state index is 13.3. The first kappa shape index (κ1) is 23.5. The van der Waals surface area contributed by atoms with E-state index in [-0.39, 0.29) is 24.0 Å². The van der Waals surface area contributed by atoms with Gasteiger partial charge in [0.05, 0.1) is 6.54 Å². The van der Waals surface area contributed by atoms with E-state index in [1.807, 2.05) is 47.8 Å². The van der Waals surface area contributed by atoms with Gasteiger partial charge in [0.1, 0.15) is 5.82 Å². The van der Waals surface area contributed by atoms with Crippen molar-refractivity contribution in [3.05, 3.63) is 96.8 Å². The van der Waals surface area contributed by atoms with Crippen LogP contribution in [0.1, 0.15) is 42.5 Å². The van der Waals surface area contributed by atoms with Crippen molar-refractivity contribution in [2.45, 2.75) is 38.6 Å². The highest BCUT2D eigenvalue weighted by atomic mass is 32.1. The van der Waals surface area contributed by atoms with E-state index in [0.29, 0.717) is 13.0 Å². The number of allylic oxidation sites excluding steroid dienone is 1. The van der Waals surface area contributed by atoms with Crippen molar-refractivity contribution in [2.75, 3.05) is 17.2 Å². The van der Waals surface area contributed by atoms with Crippen molar-refractivity contribution < 1.29 is 4.79 Å². The lowest BCUT2D eigenvalue weighted by Crippen LogP contribution is -2.41. The lowest BCUT2D eigenvalue weighted by molar-refractivity contribution is -0.114. The molecule has 2 heterocycles. The lowest BCUT2D eigenvalue weighted by Gasteiger charge is -2.24. The summed E-state index contributed by atoms with van der Waals surface area (Å²) in [7, 11) is 0. The van der Waals surface area contributed by atoms with Crippen molar-refractivity contribution in [3.63, 3.8) is 0 Å². The number of nitrogens with zero attached hydrogens (tertiary/aromatic N) is 2. The Morgan fingerprint density at radius 3 is 2.68 bits per heavy atom. The number of carbonyl (C=O) groups is 1. The molecule has 8 heteroatoms. The number of amides is 1. The number of hydrogen-bond acceptors (Lipinski definition) is 5. The van der Waals surface area contributed by atoms with Crippen LogP contribution in [0.15, 0.2) is 75.2 Å². The second kappa shape index (κ2) is 11.0. The molecule has 0 atom stereocenters. The topological polar surface area (TPSA) is 101 Å². The summed E-state index contributed by atoms with van der Waals surface area (Å²) in [5, 5.41) is 1.93. The van der Waals surface area contributed by atoms with Crippen LogP contribution in [0, 0.1) is 0 Å². The van der Waals surface area contributed by atoms with Crippen LogP contribution < -0.4 is 21.9 Å². The number of nitrogens with one attached hydrogen (secondary N) is 1. The van der Waals surface area contributed by atoms with Gasteiger partial charge >= 0.3 is 5.69 Å². The number of aromatic nitrogens is 2. The molecular formula is C26H28N4O3S. The van der Waals surface area contributed by atoms with E-state index in [4.69, 9.17) is 5.73 Å². The van der Waals surface area contributed by atoms with Crippen LogP contribution in [0.2, 0.25) is 0 Å². The predicted molar refractivity (Wildman–Crippen MR) is 138 cm³/mol. The van der Waals surface area contributed by atoms with E-state index in [1.54, 1.807) is 6.08 Å². The Morgan fingerprint density at radius 2 is 1.97 bits per heavy atom. The van der Waals surface area contributed by atoms with Gasteiger partial charge < -0.3 is 10.6 Å². The Balaban J connectivity index is 1.70. The van der Waals surface area contributed by atoms with Gasteiger partial charge in [-0.15, -0.1) is 11.3 Å². The third-order valence-electron chi connectivity index (χ3n) is 5.91. The van der Waals surface area contributed by atoms with E-state index in [2.05, 4.69) is 11.1 Å². The fourth-order valence-corrected chi connectivity index (χ4v) is 4.73. The first-order chi connectivity index (χ1) is 16.5. The van der Waals surface area contributed by atoms with Crippen LogP contribution in [0.5, 0.6) is 0 Å². The molecule has 0 aliphatic heterocycles. The predicted octanol–water partition coefficient (Wildman–Crippen LogP) is 4.17. The average Bonchev–Trinajstić information content (AvgIpc) is 3.37. The molecule has 1 aliphatic carbocycles. The zero-order valence-electron chi connectivity index (χ0n) is 18.9. The SMILES string of the molecule is Nc1c(N(CCC2=CCCCC2)C(=O)/C=C/c2cccs2)c(=O)[nH]c(=O)n1Cc1ccccc1. The van der Waals surface area contributed by atoms with Crippen molar-refractivity contribution in [2.24, 2.45) is 0 Å². The van der Waals surface area contributed by atoms with Crippen molar-refractivity contribution >= 4 is 34.8 Å². The molecule has 176 valence electrons. The standard InChI is InChI=1S/C26H28N4O3S/c27-24-23(25(32)28-26(33)30(24)18-20-10-5-2-6-11-20)29(16-15-19-8-3-1-4-9-19)22(31)14-13-21-12-7-17-34-21/h2,5-8,10-14,17H,1,3-4,9,15-16,18,27H2,(H,28,32,33)/b14-13+. The van der Waals surface area contributed by atoms with Crippen molar-refractivity contribution in [3.8, 4) is 0 Å². The number of nitrogens with two attached hydrogens (primary N) is 1. The highest BCUT2D eigenvalue weighted by Gasteiger charge is 2.23. The van der Waals surface area contributed by atoms with Gasteiger partial charge in [-0.1, -0.05) is 48.0 Å². The van der Waals surface area contributed by atoms with Gasteiger partial charge in [-0.25, -0.2) is 4.79 Å². The number of H-pyrrole nitrogens is 1. The molecule has 2 aromatic heterocycles. The van der Waals surface area contributed by atoms with Crippen LogP contribution in [0.4, 0.5) is 11.5 Å². The first-order valence-electron chi connectivity index (χ1n) is 11.4. The number of benzene rings is 1. The summed E-state index contributed by atoms with van der Waals surface area (Å²) in [4.78, 5) is 43.5. The fourth-order valence-electron chi connectivity index (χ4n) is 4.11. The molecule has 0 saturated carbocycles. The monoisotopic (exact) mass is 476 g/mol. The number of rotatable bonds is 8. The van der Waals surface area contributed by atoms with Gasteiger partial charge in [0.25, 0.3) is 11.5 Å². The van der Waals surface area contributed by atoms with Gasteiger partial charge in [-0.3, -0.25) is 19.1 Å². The Bertz CT molecular complexity index is 1300. The number of thiophene rings is 1. The van der Waals surface area contributed by atoms with E-state index in [1.165, 1.54) is 38.9 Å². The maximum Gasteiger partial charge on any atom is 0.330 e. The lowest BCUT2D eigenvalue weighted by atomic mass is 9.97. The number of anilines is 2. The quantitative estimate of drug-likeness (QED) is 0.376. The Hall–Kier alpha value is -3.65. The van der Waals surface area contributed by atoms with Crippen molar-refractivity contribution in [1.82, 2.24) is 9.55 Å². The summed E-state index contributed by atoms with van der Waals surface area (Å²) < 4.78 is 1.30. The van der Waals surface area contributed by atoms with Gasteiger partial charge in [0.2, 0.25) is 0 Å². The summed E-state index contributed by atoms with van der Waals surface area (Å²) >= 11 is 1.52. The van der Waals surface area contributed by atoms with Crippen LogP contribution >= 0.6 is 11.3 Å². The summed E-state index contributed by atoms with van der Waals surface area (Å²) in [5.41, 5.74) is 7.26. The van der Waals surface area contributed by atoms with Gasteiger partial charge in [-0.2, -0.15) is 0 Å². The van der Waals surface area contributed by atoms with Crippen molar-refractivity contribution in [1.29, 1.82) is 0 Å². The molecule has 0 bridgehead atoms. The van der Waals surface area contributed by atoms with Crippen LogP contribution in [-0.2, 0) is 11.3 Å². The van der Waals surface area contributed by atoms with E-state index in [9.17, 15) is 14.4 Å². The maximum absolute atomic E-state index is 13.3. The van der Waals surface area contributed by atoms with Crippen LogP contribution in [-0.4, -0.2) is 22.0 Å². The molecule has 0 radical (unpaired) electrons. The third-order valence-corrected chi connectivity index (χ3v) is 6.75. The highest BCUT2D eigenvalue weighted by Crippen LogP contribution is 2.24. The first-order valence-corrected chi connectivity index (χ1v) is 12.3. The van der Waals surface area contributed by atoms with Crippen LogP contribution in [0.25, 0.3) is 6.08 Å². The fraction of sp³-hybridized carbons (Fsp3) is 0.269. The Labute approximate surface area is 201 Å². The minimum absolute atomic E-state index is 0.00719. The molecular weight excluding hydrogens is 448 g/mol. The largest absolute Gasteiger partial charge is 0.383 e. The molecule has 0 spiro atoms. The van der Waals surface area contributed by atoms with Gasteiger partial charge in [-0.05, 0) is 55.2 Å². The smallest absolute Gasteiger partial charge is 0.330 e. The molecule has 0 unspecified atom stereocenters. The summed E-state index contributed by atoms with van der Waals surface area (Å²) in [5.74, 6) is -0.375. The second-order valence-corrected chi connectivity index (χ2v) is 9.24. The van der Waals surface area contributed by atoms with E-state index < -0.39 is 11.2 Å². The van der Waals surface area contributed by atoms with Crippen LogP contribution in [0.3, 0.4) is 0 Å². The normalized spacial score (nSPS) is 13.7. The van der Waals surface area contributed by atoms with E-state index in [0.717, 1.165) is 29.7 Å². The Kier molecular flexibility index (Phi) is 7.59. The molecule has 1 aromatic carbocycles. The third kappa shape index (κ3) is 5.63. The zero-order chi connectivity index (χ0) is 23.9. The minimum atomic E-state index is -0.665. The average molecular weight is 477 g/mol. The molecule has 1 amide bonds. The minimum Gasteiger partial charge on any atom is -0.383 e. The van der Waals surface area contributed by atoms with Gasteiger partial charge in [0.15, 0.2) is 5.69 Å². The molecule has 4 rings (SSSR count). The summed E-state index contributed by atoms with van der Waals surface area (Å²) in [6.45, 7) is 0.490. The molecule has 0 fully saturated rings. The summed E-state index contributed by atoms with van der Waals surface area (Å²) in [6.07, 6.45) is 10.4. The molecule has 1 aliphatic rings. The molecule has 3 aromatic rings. The van der Waals surface area contributed by atoms with Gasteiger partial charge in [0, 0.05) is 17.5 Å². The van der Waals surface area contributed by atoms with E-state index >= 15 is 0 Å². The number of nitrogen functional groups attached to an aromatic ring is 1. The molecule has 0 saturated heterocycles. The number of hydrogen-bond donors (Lipinski definition) is 2. The Morgan fingerprint density at radius 1 is 1.15 bits per heavy atom.